The third-order valence-electron chi connectivity index (χ3n) is 11.8. The number of phenolic OH excluding ortho intramolecular Hbond substituents is 1. The lowest BCUT2D eigenvalue weighted by molar-refractivity contribution is 0.446. The van der Waals surface area contributed by atoms with Crippen molar-refractivity contribution in [3.8, 4) is 78.6 Å². The van der Waals surface area contributed by atoms with Gasteiger partial charge in [-0.1, -0.05) is 183 Å². The van der Waals surface area contributed by atoms with Crippen LogP contribution in [0.1, 0.15) is 92.7 Å². The van der Waals surface area contributed by atoms with Gasteiger partial charge in [0, 0.05) is 28.5 Å². The van der Waals surface area contributed by atoms with Gasteiger partial charge in [0.05, 0.1) is 41.7 Å². The van der Waals surface area contributed by atoms with Crippen molar-refractivity contribution in [1.29, 1.82) is 0 Å². The summed E-state index contributed by atoms with van der Waals surface area (Å²) in [5.41, 5.74) is 8.43. The third-order valence-corrected chi connectivity index (χ3v) is 11.8. The predicted molar refractivity (Wildman–Crippen MR) is 269 cm³/mol. The van der Waals surface area contributed by atoms with Crippen LogP contribution in [-0.4, -0.2) is 19.6 Å². The molecule has 0 radical (unpaired) electrons. The summed E-state index contributed by atoms with van der Waals surface area (Å²) in [6, 6.07) is 29.8. The SMILES string of the molecule is [2H]c1c([2H])c([2H])c(-c2ccc(-n3c(-c4cc(C(C)(C)C)cc(C(C)(C)C)c4O)nc4c(-c5cc(-c6cc(-c7ccccc7)ccn6)cc(C(C)(C)C)c5)cccc43)c(-c3c([2H])c([2H])c([2H])c([2H])c3[2H])c2)c([2H])c1[2H]. The second kappa shape index (κ2) is 16.3. The standard InChI is InChI=1S/C60H57N3O/c1-58(2,3)46-33-44(32-45(34-46)52-36-43(30-31-61-52)40-22-15-11-16-23-40)48-26-19-27-54-55(48)62-57(50-37-47(59(4,5)6)38-51(56(50)64)60(7,8)9)63(54)53-29-28-42(39-20-13-10-14-21-39)35-49(53)41-24-17-12-18-25-41/h10-38,64H,1-9H3/i10D,12D,13D,14D,17D,18D,20D,21D,24D,25D. The quantitative estimate of drug-likeness (QED) is 0.174. The fourth-order valence-electron chi connectivity index (χ4n) is 8.19. The Hall–Kier alpha value is -7.04. The van der Waals surface area contributed by atoms with E-state index in [1.165, 1.54) is 6.07 Å². The summed E-state index contributed by atoms with van der Waals surface area (Å²) >= 11 is 0. The molecular formula is C60H57N3O. The van der Waals surface area contributed by atoms with Gasteiger partial charge in [-0.2, -0.15) is 0 Å². The zero-order chi connectivity index (χ0) is 53.7. The molecule has 4 heteroatoms. The van der Waals surface area contributed by atoms with E-state index in [2.05, 4.69) is 77.9 Å². The molecule has 9 rings (SSSR count). The molecule has 1 N–H and O–H groups in total. The van der Waals surface area contributed by atoms with E-state index < -0.39 is 71.3 Å². The molecule has 0 fully saturated rings. The molecule has 0 aliphatic carbocycles. The molecule has 0 unspecified atom stereocenters. The van der Waals surface area contributed by atoms with E-state index in [1.54, 1.807) is 12.1 Å². The minimum atomic E-state index is -0.594. The molecule has 318 valence electrons. The molecule has 0 aliphatic rings. The van der Waals surface area contributed by atoms with E-state index in [9.17, 15) is 7.85 Å². The number of phenols is 1. The van der Waals surface area contributed by atoms with Crippen molar-refractivity contribution in [3.05, 3.63) is 193 Å². The molecule has 2 heterocycles. The Balaban J connectivity index is 1.43. The summed E-state index contributed by atoms with van der Waals surface area (Å²) in [4.78, 5) is 10.4. The Labute approximate surface area is 393 Å². The number of hydrogen-bond acceptors (Lipinski definition) is 3. The highest BCUT2D eigenvalue weighted by Crippen LogP contribution is 2.46. The highest BCUT2D eigenvalue weighted by Gasteiger charge is 2.29. The number of hydrogen-bond donors (Lipinski definition) is 1. The Bertz CT molecular complexity index is 3690. The van der Waals surface area contributed by atoms with Crippen LogP contribution in [0.25, 0.3) is 83.9 Å². The molecule has 2 aromatic heterocycles. The summed E-state index contributed by atoms with van der Waals surface area (Å²) in [6.45, 7) is 18.8. The van der Waals surface area contributed by atoms with Crippen molar-refractivity contribution in [3.63, 3.8) is 0 Å². The fraction of sp³-hybridized carbons (Fsp3) is 0.200. The van der Waals surface area contributed by atoms with Crippen molar-refractivity contribution in [2.24, 2.45) is 0 Å². The maximum absolute atomic E-state index is 12.7. The Morgan fingerprint density at radius 2 is 1.12 bits per heavy atom. The first kappa shape index (κ1) is 31.7. The van der Waals surface area contributed by atoms with Crippen LogP contribution in [0, 0.1) is 0 Å². The van der Waals surface area contributed by atoms with Gasteiger partial charge in [0.2, 0.25) is 0 Å². The first-order valence-electron chi connectivity index (χ1n) is 26.6. The largest absolute Gasteiger partial charge is 0.507 e. The molecule has 0 saturated heterocycles. The lowest BCUT2D eigenvalue weighted by Crippen LogP contribution is -2.17. The van der Waals surface area contributed by atoms with Crippen LogP contribution in [0.5, 0.6) is 5.75 Å². The highest BCUT2D eigenvalue weighted by molar-refractivity contribution is 5.98. The molecule has 0 saturated carbocycles. The van der Waals surface area contributed by atoms with Gasteiger partial charge in [-0.15, -0.1) is 0 Å². The number of fused-ring (bicyclic) bond motifs is 1. The molecule has 9 aromatic rings. The molecule has 0 amide bonds. The van der Waals surface area contributed by atoms with Gasteiger partial charge in [-0.3, -0.25) is 9.55 Å². The normalized spacial score (nSPS) is 14.4. The van der Waals surface area contributed by atoms with Gasteiger partial charge in [-0.05, 0) is 109 Å². The highest BCUT2D eigenvalue weighted by atomic mass is 16.3. The van der Waals surface area contributed by atoms with Crippen molar-refractivity contribution < 1.29 is 18.8 Å². The maximum Gasteiger partial charge on any atom is 0.149 e. The van der Waals surface area contributed by atoms with Gasteiger partial charge in [0.25, 0.3) is 0 Å². The predicted octanol–water partition coefficient (Wildman–Crippen LogP) is 16.0. The Morgan fingerprint density at radius 3 is 1.80 bits per heavy atom. The van der Waals surface area contributed by atoms with Gasteiger partial charge in [0.1, 0.15) is 11.6 Å². The zero-order valence-corrected chi connectivity index (χ0v) is 37.8. The molecule has 0 atom stereocenters. The van der Waals surface area contributed by atoms with Crippen LogP contribution < -0.4 is 0 Å². The minimum absolute atomic E-state index is 0.00916. The van der Waals surface area contributed by atoms with Gasteiger partial charge >= 0.3 is 0 Å². The van der Waals surface area contributed by atoms with Gasteiger partial charge in [0.15, 0.2) is 0 Å². The van der Waals surface area contributed by atoms with Crippen molar-refractivity contribution >= 4 is 11.0 Å². The molecule has 4 nitrogen and oxygen atoms in total. The van der Waals surface area contributed by atoms with E-state index in [1.807, 2.05) is 86.1 Å². The molecule has 7 aromatic carbocycles. The van der Waals surface area contributed by atoms with Crippen LogP contribution >= 0.6 is 0 Å². The number of aromatic nitrogens is 3. The van der Waals surface area contributed by atoms with Crippen molar-refractivity contribution in [1.82, 2.24) is 14.5 Å². The molecule has 0 bridgehead atoms. The Morgan fingerprint density at radius 1 is 0.484 bits per heavy atom. The molecule has 0 aliphatic heterocycles. The van der Waals surface area contributed by atoms with Crippen LogP contribution in [0.4, 0.5) is 0 Å². The molecular weight excluding hydrogens is 779 g/mol. The second-order valence-corrected chi connectivity index (χ2v) is 19.4. The van der Waals surface area contributed by atoms with Crippen LogP contribution in [0.3, 0.4) is 0 Å². The monoisotopic (exact) mass is 846 g/mol. The lowest BCUT2D eigenvalue weighted by Gasteiger charge is -2.27. The maximum atomic E-state index is 12.7. The van der Waals surface area contributed by atoms with Crippen molar-refractivity contribution in [2.45, 2.75) is 78.6 Å². The van der Waals surface area contributed by atoms with E-state index in [0.29, 0.717) is 27.8 Å². The van der Waals surface area contributed by atoms with E-state index >= 15 is 0 Å². The first-order valence-corrected chi connectivity index (χ1v) is 21.6. The van der Waals surface area contributed by atoms with Gasteiger partial charge in [-0.25, -0.2) is 4.98 Å². The number of benzene rings is 7. The summed E-state index contributed by atoms with van der Waals surface area (Å²) < 4.78 is 89.9. The van der Waals surface area contributed by atoms with Gasteiger partial charge < -0.3 is 5.11 Å². The number of rotatable bonds is 7. The average Bonchev–Trinajstić information content (AvgIpc) is 3.75. The number of imidazole rings is 1. The zero-order valence-electron chi connectivity index (χ0n) is 47.8. The number of pyridine rings is 1. The second-order valence-electron chi connectivity index (χ2n) is 19.4. The Kier molecular flexibility index (Phi) is 8.06. The number of aromatic hydroxyl groups is 1. The van der Waals surface area contributed by atoms with E-state index in [0.717, 1.165) is 44.6 Å². The van der Waals surface area contributed by atoms with Crippen molar-refractivity contribution in [2.75, 3.05) is 0 Å². The summed E-state index contributed by atoms with van der Waals surface area (Å²) in [5, 5.41) is 12.7. The summed E-state index contributed by atoms with van der Waals surface area (Å²) in [6.07, 6.45) is 1.82. The number of para-hydroxylation sites is 1. The average molecular weight is 846 g/mol. The third kappa shape index (κ3) is 8.17. The summed E-state index contributed by atoms with van der Waals surface area (Å²) in [7, 11) is 0. The number of nitrogens with zero attached hydrogens (tertiary/aromatic N) is 3. The molecule has 0 spiro atoms. The topological polar surface area (TPSA) is 50.9 Å². The minimum Gasteiger partial charge on any atom is -0.507 e. The lowest BCUT2D eigenvalue weighted by atomic mass is 9.79. The summed E-state index contributed by atoms with van der Waals surface area (Å²) in [5.74, 6) is 0.278. The van der Waals surface area contributed by atoms with Crippen LogP contribution in [-0.2, 0) is 16.2 Å². The molecule has 64 heavy (non-hydrogen) atoms. The smallest absolute Gasteiger partial charge is 0.149 e. The van der Waals surface area contributed by atoms with E-state index in [4.69, 9.17) is 20.9 Å². The van der Waals surface area contributed by atoms with E-state index in [-0.39, 0.29) is 39.2 Å². The first-order chi connectivity index (χ1) is 34.7. The van der Waals surface area contributed by atoms with Crippen LogP contribution in [0.2, 0.25) is 0 Å². The fourth-order valence-corrected chi connectivity index (χ4v) is 8.19. The van der Waals surface area contributed by atoms with Crippen LogP contribution in [0.15, 0.2) is 176 Å².